The maximum Gasteiger partial charge on any atom is 0.306 e. The first-order chi connectivity index (χ1) is 25.2. The molecule has 0 spiro atoms. The lowest BCUT2D eigenvalue weighted by atomic mass is 9.88. The Kier molecular flexibility index (Phi) is 14.3. The summed E-state index contributed by atoms with van der Waals surface area (Å²) in [5.41, 5.74) is 3.89. The van der Waals surface area contributed by atoms with Crippen molar-refractivity contribution >= 4 is 22.5 Å². The Labute approximate surface area is 306 Å². The summed E-state index contributed by atoms with van der Waals surface area (Å²) in [5, 5.41) is 33.6. The molecule has 1 heterocycles. The molecule has 3 N–H and O–H groups in total. The number of carbonyl (C=O) groups excluding carboxylic acids is 2. The minimum Gasteiger partial charge on any atom is -0.491 e. The van der Waals surface area contributed by atoms with Gasteiger partial charge in [0.25, 0.3) is 0 Å². The lowest BCUT2D eigenvalue weighted by Gasteiger charge is -2.19. The molecule has 0 bridgehead atoms. The molecular formula is C44H51NO7. The largest absolute Gasteiger partial charge is 0.491 e. The number of aliphatic hydroxyl groups is 3. The van der Waals surface area contributed by atoms with Crippen LogP contribution in [0.25, 0.3) is 10.8 Å². The number of unbranched alkanes of at least 4 members (excludes halogenated alkanes) is 1. The summed E-state index contributed by atoms with van der Waals surface area (Å²) in [7, 11) is 0. The Balaban J connectivity index is 0.998. The molecule has 0 aliphatic heterocycles. The van der Waals surface area contributed by atoms with Gasteiger partial charge in [0.05, 0.1) is 12.2 Å². The SMILES string of the molecule is CCC(C(=O)Cc1ccc2cnccc2c1)c1ccc(COC(=O)CCC/C=C\CC2[C@@H](/C=C/[C@@H](O)COc3cccc(C)c3)[C@H](O)C[C@@H]2O)cc1. The van der Waals surface area contributed by atoms with Crippen LogP contribution in [-0.4, -0.2) is 57.0 Å². The second-order valence-electron chi connectivity index (χ2n) is 13.9. The molecule has 1 aliphatic rings. The van der Waals surface area contributed by atoms with Gasteiger partial charge in [-0.15, -0.1) is 0 Å². The fraction of sp³-hybridized carbons (Fsp3) is 0.386. The number of aliphatic hydroxyl groups excluding tert-OH is 3. The number of hydrogen-bond acceptors (Lipinski definition) is 8. The van der Waals surface area contributed by atoms with E-state index in [1.807, 2.05) is 98.9 Å². The van der Waals surface area contributed by atoms with E-state index >= 15 is 0 Å². The summed E-state index contributed by atoms with van der Waals surface area (Å²) in [6, 6.07) is 23.4. The van der Waals surface area contributed by atoms with Gasteiger partial charge in [0.1, 0.15) is 30.9 Å². The van der Waals surface area contributed by atoms with Gasteiger partial charge in [-0.1, -0.05) is 85.8 Å². The van der Waals surface area contributed by atoms with Crippen LogP contribution < -0.4 is 4.74 Å². The van der Waals surface area contributed by atoms with Gasteiger partial charge in [-0.25, -0.2) is 0 Å². The van der Waals surface area contributed by atoms with E-state index in [-0.39, 0.29) is 42.7 Å². The number of aryl methyl sites for hydroxylation is 1. The molecule has 0 amide bonds. The van der Waals surface area contributed by atoms with Crippen LogP contribution in [0.15, 0.2) is 109 Å². The summed E-state index contributed by atoms with van der Waals surface area (Å²) in [6.07, 6.45) is 12.4. The van der Waals surface area contributed by atoms with Crippen molar-refractivity contribution in [3.8, 4) is 5.75 Å². The third kappa shape index (κ3) is 11.2. The van der Waals surface area contributed by atoms with Crippen LogP contribution in [0.2, 0.25) is 0 Å². The number of ether oxygens (including phenoxy) is 2. The number of esters is 1. The predicted octanol–water partition coefficient (Wildman–Crippen LogP) is 7.36. The van der Waals surface area contributed by atoms with Crippen molar-refractivity contribution in [2.45, 2.75) is 89.6 Å². The molecule has 52 heavy (non-hydrogen) atoms. The number of ketones is 1. The highest BCUT2D eigenvalue weighted by molar-refractivity contribution is 5.89. The molecule has 0 radical (unpaired) electrons. The average molecular weight is 706 g/mol. The van der Waals surface area contributed by atoms with E-state index < -0.39 is 18.3 Å². The topological polar surface area (TPSA) is 126 Å². The first-order valence-electron chi connectivity index (χ1n) is 18.4. The molecule has 1 aliphatic carbocycles. The van der Waals surface area contributed by atoms with Gasteiger partial charge >= 0.3 is 5.97 Å². The Bertz CT molecular complexity index is 1820. The van der Waals surface area contributed by atoms with E-state index in [2.05, 4.69) is 11.1 Å². The average Bonchev–Trinajstić information content (AvgIpc) is 3.41. The Morgan fingerprint density at radius 1 is 0.962 bits per heavy atom. The number of aromatic nitrogens is 1. The molecule has 6 atom stereocenters. The highest BCUT2D eigenvalue weighted by Crippen LogP contribution is 2.36. The zero-order chi connectivity index (χ0) is 36.9. The molecule has 274 valence electrons. The van der Waals surface area contributed by atoms with Gasteiger partial charge in [-0.05, 0) is 84.4 Å². The number of allylic oxidation sites excluding steroid dienone is 2. The zero-order valence-electron chi connectivity index (χ0n) is 30.1. The van der Waals surface area contributed by atoms with Crippen molar-refractivity contribution in [1.29, 1.82) is 0 Å². The Hall–Kier alpha value is -4.63. The van der Waals surface area contributed by atoms with E-state index in [0.717, 1.165) is 33.0 Å². The molecule has 3 aromatic carbocycles. The van der Waals surface area contributed by atoms with Crippen molar-refractivity contribution in [1.82, 2.24) is 4.98 Å². The summed E-state index contributed by atoms with van der Waals surface area (Å²) in [6.45, 7) is 4.27. The van der Waals surface area contributed by atoms with Crippen LogP contribution in [0.5, 0.6) is 5.75 Å². The first kappa shape index (κ1) is 38.6. The molecule has 8 nitrogen and oxygen atoms in total. The van der Waals surface area contributed by atoms with Gasteiger partial charge in [0, 0.05) is 48.9 Å². The lowest BCUT2D eigenvalue weighted by Crippen LogP contribution is -2.21. The number of Topliss-reactive ketones (excluding diaryl/α,β-unsaturated/α-hetero) is 1. The number of rotatable bonds is 18. The maximum atomic E-state index is 13.2. The van der Waals surface area contributed by atoms with E-state index in [1.54, 1.807) is 18.3 Å². The van der Waals surface area contributed by atoms with E-state index in [9.17, 15) is 24.9 Å². The summed E-state index contributed by atoms with van der Waals surface area (Å²) < 4.78 is 11.2. The molecule has 8 heteroatoms. The smallest absolute Gasteiger partial charge is 0.306 e. The van der Waals surface area contributed by atoms with Gasteiger partial charge in [-0.2, -0.15) is 0 Å². The molecule has 2 unspecified atom stereocenters. The minimum absolute atomic E-state index is 0.0959. The van der Waals surface area contributed by atoms with E-state index in [1.165, 1.54) is 0 Å². The summed E-state index contributed by atoms with van der Waals surface area (Å²) >= 11 is 0. The van der Waals surface area contributed by atoms with Crippen LogP contribution in [0, 0.1) is 18.8 Å². The number of nitrogens with zero attached hydrogens (tertiary/aromatic N) is 1. The quantitative estimate of drug-likeness (QED) is 0.0557. The maximum absolute atomic E-state index is 13.2. The van der Waals surface area contributed by atoms with Gasteiger partial charge in [0.15, 0.2) is 0 Å². The second-order valence-corrected chi connectivity index (χ2v) is 13.9. The number of carbonyl (C=O) groups is 2. The fourth-order valence-electron chi connectivity index (χ4n) is 6.94. The van der Waals surface area contributed by atoms with Gasteiger partial charge in [-0.3, -0.25) is 14.6 Å². The molecule has 0 saturated heterocycles. The second kappa shape index (κ2) is 19.3. The summed E-state index contributed by atoms with van der Waals surface area (Å²) in [4.78, 5) is 29.8. The normalized spacial score (nSPS) is 20.0. The van der Waals surface area contributed by atoms with Crippen molar-refractivity contribution in [3.63, 3.8) is 0 Å². The predicted molar refractivity (Wildman–Crippen MR) is 203 cm³/mol. The van der Waals surface area contributed by atoms with Crippen molar-refractivity contribution in [3.05, 3.63) is 132 Å². The summed E-state index contributed by atoms with van der Waals surface area (Å²) in [5.74, 6) is -0.0579. The molecule has 4 aromatic rings. The van der Waals surface area contributed by atoms with Gasteiger partial charge < -0.3 is 24.8 Å². The minimum atomic E-state index is -0.838. The lowest BCUT2D eigenvalue weighted by molar-refractivity contribution is -0.145. The van der Waals surface area contributed by atoms with Crippen LogP contribution >= 0.6 is 0 Å². The Morgan fingerprint density at radius 3 is 2.56 bits per heavy atom. The molecule has 5 rings (SSSR count). The number of pyridine rings is 1. The molecule has 1 fully saturated rings. The highest BCUT2D eigenvalue weighted by atomic mass is 16.5. The molecule has 1 saturated carbocycles. The number of hydrogen-bond donors (Lipinski definition) is 3. The zero-order valence-corrected chi connectivity index (χ0v) is 30.1. The fourth-order valence-corrected chi connectivity index (χ4v) is 6.94. The van der Waals surface area contributed by atoms with Crippen LogP contribution in [0.3, 0.4) is 0 Å². The highest BCUT2D eigenvalue weighted by Gasteiger charge is 2.39. The third-order valence-electron chi connectivity index (χ3n) is 9.87. The van der Waals surface area contributed by atoms with Crippen molar-refractivity contribution in [2.24, 2.45) is 11.8 Å². The Morgan fingerprint density at radius 2 is 1.77 bits per heavy atom. The van der Waals surface area contributed by atoms with Crippen LogP contribution in [0.1, 0.15) is 73.6 Å². The first-order valence-corrected chi connectivity index (χ1v) is 18.4. The van der Waals surface area contributed by atoms with Crippen molar-refractivity contribution in [2.75, 3.05) is 6.61 Å². The van der Waals surface area contributed by atoms with Crippen molar-refractivity contribution < 1.29 is 34.4 Å². The van der Waals surface area contributed by atoms with E-state index in [0.29, 0.717) is 50.7 Å². The number of benzene rings is 3. The molecular weight excluding hydrogens is 654 g/mol. The van der Waals surface area contributed by atoms with Crippen LogP contribution in [-0.2, 0) is 27.4 Å². The van der Waals surface area contributed by atoms with Crippen LogP contribution in [0.4, 0.5) is 0 Å². The van der Waals surface area contributed by atoms with Gasteiger partial charge in [0.2, 0.25) is 0 Å². The standard InChI is InChI=1S/C44H51NO7/c1-3-38(41(47)25-32-15-18-35-27-45-22-21-34(35)24-32)33-16-13-31(14-17-33)28-52-44(50)12-7-5-4-6-11-39-40(43(49)26-42(39)48)20-19-36(46)29-51-37-10-8-9-30(2)23-37/h4,6,8-10,13-24,27,36,38-40,42-43,46,48-49H,3,5,7,11-12,25-26,28-29H2,1-2H3/b6-4-,20-19+/t36-,38?,39?,40-,42+,43-/m1/s1. The molecule has 1 aromatic heterocycles. The van der Waals surface area contributed by atoms with E-state index in [4.69, 9.17) is 9.47 Å². The third-order valence-corrected chi connectivity index (χ3v) is 9.87. The monoisotopic (exact) mass is 705 g/mol. The number of fused-ring (bicyclic) bond motifs is 1.